The molecule has 1 heterocycles. The third kappa shape index (κ3) is 4.22. The molecule has 0 unspecified atom stereocenters. The van der Waals surface area contributed by atoms with E-state index in [9.17, 15) is 22.0 Å². The minimum Gasteiger partial charge on any atom is -0.296 e. The zero-order valence-corrected chi connectivity index (χ0v) is 16.0. The average Bonchev–Trinajstić information content (AvgIpc) is 3.04. The Labute approximate surface area is 154 Å². The molecule has 7 nitrogen and oxygen atoms in total. The average molecular weight is 404 g/mol. The van der Waals surface area contributed by atoms with Gasteiger partial charge in [0.1, 0.15) is 0 Å². The number of aromatic nitrogens is 2. The predicted molar refractivity (Wildman–Crippen MR) is 94.1 cm³/mol. The smallest absolute Gasteiger partial charge is 0.291 e. The number of hydrogen-bond acceptors (Lipinski definition) is 6. The molecule has 0 fully saturated rings. The number of benzene rings is 1. The van der Waals surface area contributed by atoms with E-state index in [1.807, 2.05) is 0 Å². The van der Waals surface area contributed by atoms with Gasteiger partial charge in [0, 0.05) is 18.7 Å². The number of halogens is 2. The number of carbonyl (C=O) groups excluding carboxylic acids is 1. The first-order valence-electron chi connectivity index (χ1n) is 7.74. The quantitative estimate of drug-likeness (QED) is 0.766. The molecule has 2 rings (SSSR count). The van der Waals surface area contributed by atoms with Gasteiger partial charge in [-0.3, -0.25) is 10.1 Å². The molecule has 11 heteroatoms. The maximum Gasteiger partial charge on any atom is 0.291 e. The Hall–Kier alpha value is -1.98. The maximum atomic E-state index is 12.6. The summed E-state index contributed by atoms with van der Waals surface area (Å²) in [7, 11) is -3.73. The van der Waals surface area contributed by atoms with E-state index in [4.69, 9.17) is 0 Å². The second-order valence-electron chi connectivity index (χ2n) is 5.27. The third-order valence-electron chi connectivity index (χ3n) is 3.64. The van der Waals surface area contributed by atoms with E-state index in [0.717, 1.165) is 0 Å². The molecule has 0 bridgehead atoms. The molecule has 0 saturated carbocycles. The van der Waals surface area contributed by atoms with Crippen molar-refractivity contribution in [1.82, 2.24) is 14.5 Å². The van der Waals surface area contributed by atoms with Crippen molar-refractivity contribution in [1.29, 1.82) is 0 Å². The van der Waals surface area contributed by atoms with Gasteiger partial charge in [-0.15, -0.1) is 10.2 Å². The molecular formula is C15H18F2N4O3S2. The molecule has 0 aliphatic heterocycles. The molecule has 2 aromatic rings. The SMILES string of the molecule is CCN(CC)S(=O)(=O)c1ccc(C)c(C(=O)Nc2nnc(C(F)F)s2)c1. The van der Waals surface area contributed by atoms with Gasteiger partial charge in [-0.2, -0.15) is 4.31 Å². The number of hydrogen-bond donors (Lipinski definition) is 1. The van der Waals surface area contributed by atoms with Crippen molar-refractivity contribution in [2.24, 2.45) is 0 Å². The molecule has 1 amide bonds. The van der Waals surface area contributed by atoms with Gasteiger partial charge < -0.3 is 0 Å². The van der Waals surface area contributed by atoms with Crippen LogP contribution in [-0.4, -0.2) is 41.9 Å². The fraction of sp³-hybridized carbons (Fsp3) is 0.400. The lowest BCUT2D eigenvalue weighted by molar-refractivity contribution is 0.102. The van der Waals surface area contributed by atoms with Crippen LogP contribution in [0.5, 0.6) is 0 Å². The second kappa shape index (κ2) is 8.14. The van der Waals surface area contributed by atoms with Gasteiger partial charge in [0.15, 0.2) is 5.01 Å². The number of nitrogens with zero attached hydrogens (tertiary/aromatic N) is 3. The normalized spacial score (nSPS) is 12.0. The van der Waals surface area contributed by atoms with Crippen LogP contribution in [0, 0.1) is 6.92 Å². The van der Waals surface area contributed by atoms with Crippen molar-refractivity contribution in [2.75, 3.05) is 18.4 Å². The summed E-state index contributed by atoms with van der Waals surface area (Å²) in [6.45, 7) is 5.69. The first-order chi connectivity index (χ1) is 12.2. The number of aryl methyl sites for hydroxylation is 1. The van der Waals surface area contributed by atoms with Crippen LogP contribution >= 0.6 is 11.3 Å². The van der Waals surface area contributed by atoms with Gasteiger partial charge in [0.2, 0.25) is 15.2 Å². The number of sulfonamides is 1. The van der Waals surface area contributed by atoms with E-state index in [1.165, 1.54) is 22.5 Å². The lowest BCUT2D eigenvalue weighted by Gasteiger charge is -2.19. The number of rotatable bonds is 7. The fourth-order valence-corrected chi connectivity index (χ4v) is 4.34. The number of nitrogens with one attached hydrogen (secondary N) is 1. The largest absolute Gasteiger partial charge is 0.296 e. The van der Waals surface area contributed by atoms with Crippen molar-refractivity contribution >= 4 is 32.4 Å². The van der Waals surface area contributed by atoms with Crippen LogP contribution in [0.25, 0.3) is 0 Å². The number of alkyl halides is 2. The Morgan fingerprint density at radius 2 is 1.92 bits per heavy atom. The van der Waals surface area contributed by atoms with E-state index in [0.29, 0.717) is 30.0 Å². The summed E-state index contributed by atoms with van der Waals surface area (Å²) in [6.07, 6.45) is -2.78. The molecule has 0 saturated heterocycles. The summed E-state index contributed by atoms with van der Waals surface area (Å²) in [5.41, 5.74) is 0.659. The van der Waals surface area contributed by atoms with E-state index in [1.54, 1.807) is 20.8 Å². The molecule has 1 N–H and O–H groups in total. The maximum absolute atomic E-state index is 12.6. The highest BCUT2D eigenvalue weighted by Gasteiger charge is 2.24. The highest BCUT2D eigenvalue weighted by molar-refractivity contribution is 7.89. The minimum absolute atomic E-state index is 0.0116. The third-order valence-corrected chi connectivity index (χ3v) is 6.54. The van der Waals surface area contributed by atoms with Crippen molar-refractivity contribution in [3.8, 4) is 0 Å². The zero-order valence-electron chi connectivity index (χ0n) is 14.4. The molecule has 1 aromatic carbocycles. The lowest BCUT2D eigenvalue weighted by atomic mass is 10.1. The molecule has 0 radical (unpaired) electrons. The van der Waals surface area contributed by atoms with Crippen LogP contribution in [0.2, 0.25) is 0 Å². The standard InChI is InChI=1S/C15H18F2N4O3S2/c1-4-21(5-2)26(23,24)10-7-6-9(3)11(8-10)13(22)18-15-20-19-14(25-15)12(16)17/h6-8,12H,4-5H2,1-3H3,(H,18,20,22). The van der Waals surface area contributed by atoms with Crippen molar-refractivity contribution in [3.63, 3.8) is 0 Å². The summed E-state index contributed by atoms with van der Waals surface area (Å²) in [4.78, 5) is 12.4. The van der Waals surface area contributed by atoms with Gasteiger partial charge in [-0.25, -0.2) is 17.2 Å². The monoisotopic (exact) mass is 404 g/mol. The van der Waals surface area contributed by atoms with Gasteiger partial charge in [0.05, 0.1) is 4.90 Å². The van der Waals surface area contributed by atoms with E-state index in [-0.39, 0.29) is 15.6 Å². The topological polar surface area (TPSA) is 92.3 Å². The van der Waals surface area contributed by atoms with Crippen LogP contribution in [0.3, 0.4) is 0 Å². The van der Waals surface area contributed by atoms with Crippen LogP contribution in [0.4, 0.5) is 13.9 Å². The van der Waals surface area contributed by atoms with Gasteiger partial charge in [0.25, 0.3) is 12.3 Å². The summed E-state index contributed by atoms with van der Waals surface area (Å²) in [5, 5.41) is 8.56. The summed E-state index contributed by atoms with van der Waals surface area (Å²) in [5.74, 6) is -0.643. The van der Waals surface area contributed by atoms with Crippen LogP contribution < -0.4 is 5.32 Å². The fourth-order valence-electron chi connectivity index (χ4n) is 2.26. The van der Waals surface area contributed by atoms with E-state index < -0.39 is 27.4 Å². The second-order valence-corrected chi connectivity index (χ2v) is 8.21. The Morgan fingerprint density at radius 1 is 1.27 bits per heavy atom. The van der Waals surface area contributed by atoms with E-state index in [2.05, 4.69) is 15.5 Å². The van der Waals surface area contributed by atoms with Gasteiger partial charge >= 0.3 is 0 Å². The number of anilines is 1. The molecule has 0 aliphatic rings. The predicted octanol–water partition coefficient (Wildman–Crippen LogP) is 3.07. The van der Waals surface area contributed by atoms with Crippen molar-refractivity contribution in [2.45, 2.75) is 32.1 Å². The lowest BCUT2D eigenvalue weighted by Crippen LogP contribution is -2.30. The highest BCUT2D eigenvalue weighted by atomic mass is 32.2. The Balaban J connectivity index is 2.32. The van der Waals surface area contributed by atoms with Crippen LogP contribution in [0.15, 0.2) is 23.1 Å². The summed E-state index contributed by atoms with van der Waals surface area (Å²) >= 11 is 0.561. The first kappa shape index (κ1) is 20.3. The number of carbonyl (C=O) groups is 1. The molecule has 1 aromatic heterocycles. The van der Waals surface area contributed by atoms with Crippen LogP contribution in [0.1, 0.15) is 41.2 Å². The summed E-state index contributed by atoms with van der Waals surface area (Å²) in [6, 6.07) is 4.23. The van der Waals surface area contributed by atoms with Gasteiger partial charge in [-0.1, -0.05) is 31.3 Å². The number of amides is 1. The minimum atomic E-state index is -3.73. The molecular weight excluding hydrogens is 386 g/mol. The molecule has 0 spiro atoms. The first-order valence-corrected chi connectivity index (χ1v) is 10.00. The van der Waals surface area contributed by atoms with Crippen molar-refractivity contribution < 1.29 is 22.0 Å². The van der Waals surface area contributed by atoms with Crippen molar-refractivity contribution in [3.05, 3.63) is 34.3 Å². The highest BCUT2D eigenvalue weighted by Crippen LogP contribution is 2.26. The molecule has 26 heavy (non-hydrogen) atoms. The Kier molecular flexibility index (Phi) is 6.37. The molecule has 142 valence electrons. The van der Waals surface area contributed by atoms with Gasteiger partial charge in [-0.05, 0) is 24.6 Å². The Morgan fingerprint density at radius 3 is 2.46 bits per heavy atom. The molecule has 0 atom stereocenters. The zero-order chi connectivity index (χ0) is 19.5. The summed E-state index contributed by atoms with van der Waals surface area (Å²) < 4.78 is 51.6. The Bertz CT molecular complexity index is 896. The van der Waals surface area contributed by atoms with E-state index >= 15 is 0 Å². The van der Waals surface area contributed by atoms with Crippen LogP contribution in [-0.2, 0) is 10.0 Å². The molecule has 0 aliphatic carbocycles.